The summed E-state index contributed by atoms with van der Waals surface area (Å²) in [5.41, 5.74) is 3.14. The molecule has 0 aliphatic rings. The number of rotatable bonds is 7. The van der Waals surface area contributed by atoms with Crippen LogP contribution in [0.2, 0.25) is 0 Å². The maximum atomic E-state index is 4.67. The van der Waals surface area contributed by atoms with Crippen molar-refractivity contribution in [3.63, 3.8) is 0 Å². The topological polar surface area (TPSA) is 67.1 Å². The van der Waals surface area contributed by atoms with Gasteiger partial charge in [0.05, 0.1) is 12.2 Å². The fourth-order valence-corrected chi connectivity index (χ4v) is 2.59. The van der Waals surface area contributed by atoms with Crippen LogP contribution in [0.25, 0.3) is 5.82 Å². The van der Waals surface area contributed by atoms with Gasteiger partial charge in [0, 0.05) is 29.7 Å². The molecule has 2 aromatic heterocycles. The first-order valence-corrected chi connectivity index (χ1v) is 10.1. The van der Waals surface area contributed by atoms with E-state index in [1.54, 1.807) is 0 Å². The molecular formula is C19H30N6S. The van der Waals surface area contributed by atoms with E-state index in [0.29, 0.717) is 6.54 Å². The van der Waals surface area contributed by atoms with Crippen molar-refractivity contribution in [2.45, 2.75) is 45.9 Å². The Morgan fingerprint density at radius 2 is 2.04 bits per heavy atom. The molecule has 142 valence electrons. The number of nitrogens with zero attached hydrogens (tertiary/aromatic N) is 4. The fraction of sp³-hybridized carbons (Fsp3) is 0.526. The van der Waals surface area contributed by atoms with Crippen molar-refractivity contribution < 1.29 is 0 Å². The molecule has 7 heteroatoms. The highest BCUT2D eigenvalue weighted by Gasteiger charge is 2.16. The zero-order valence-electron chi connectivity index (χ0n) is 16.6. The molecule has 2 rings (SSSR count). The normalized spacial score (nSPS) is 12.3. The van der Waals surface area contributed by atoms with Gasteiger partial charge in [-0.25, -0.2) is 14.7 Å². The van der Waals surface area contributed by atoms with E-state index in [-0.39, 0.29) is 4.75 Å². The number of aryl methyl sites for hydroxylation is 2. The standard InChI is InChI=1S/C19H30N6S/c1-7-20-18(23-13-19(4,5)26-6)22-12-16-8-9-17(21-11-16)25-15(3)10-14(2)24-25/h8-11H,7,12-13H2,1-6H3,(H2,20,22,23). The highest BCUT2D eigenvalue weighted by Crippen LogP contribution is 2.19. The molecule has 0 fully saturated rings. The van der Waals surface area contributed by atoms with Gasteiger partial charge >= 0.3 is 0 Å². The third-order valence-electron chi connectivity index (χ3n) is 4.03. The second-order valence-corrected chi connectivity index (χ2v) is 8.39. The lowest BCUT2D eigenvalue weighted by Gasteiger charge is -2.23. The minimum Gasteiger partial charge on any atom is -0.357 e. The minimum absolute atomic E-state index is 0.166. The van der Waals surface area contributed by atoms with Crippen LogP contribution in [0.15, 0.2) is 29.4 Å². The molecule has 0 aromatic carbocycles. The SMILES string of the molecule is CCNC(=NCc1ccc(-n2nc(C)cc2C)nc1)NCC(C)(C)SC. The molecular weight excluding hydrogens is 344 g/mol. The third kappa shape index (κ3) is 5.76. The lowest BCUT2D eigenvalue weighted by Crippen LogP contribution is -2.43. The molecule has 2 heterocycles. The van der Waals surface area contributed by atoms with Gasteiger partial charge in [-0.1, -0.05) is 6.07 Å². The van der Waals surface area contributed by atoms with Crippen LogP contribution in [0.4, 0.5) is 0 Å². The maximum Gasteiger partial charge on any atom is 0.191 e. The van der Waals surface area contributed by atoms with Crippen molar-refractivity contribution in [1.82, 2.24) is 25.4 Å². The highest BCUT2D eigenvalue weighted by molar-refractivity contribution is 7.99. The lowest BCUT2D eigenvalue weighted by molar-refractivity contribution is 0.665. The summed E-state index contributed by atoms with van der Waals surface area (Å²) >= 11 is 1.84. The van der Waals surface area contributed by atoms with E-state index < -0.39 is 0 Å². The molecule has 0 radical (unpaired) electrons. The van der Waals surface area contributed by atoms with Gasteiger partial charge in [0.1, 0.15) is 0 Å². The van der Waals surface area contributed by atoms with Gasteiger partial charge in [0.2, 0.25) is 0 Å². The number of pyridine rings is 1. The largest absolute Gasteiger partial charge is 0.357 e. The van der Waals surface area contributed by atoms with Crippen LogP contribution in [-0.4, -0.2) is 44.8 Å². The highest BCUT2D eigenvalue weighted by atomic mass is 32.2. The van der Waals surface area contributed by atoms with Crippen molar-refractivity contribution in [2.75, 3.05) is 19.3 Å². The van der Waals surface area contributed by atoms with E-state index in [2.05, 4.69) is 58.8 Å². The average molecular weight is 375 g/mol. The van der Waals surface area contributed by atoms with Crippen LogP contribution in [0, 0.1) is 13.8 Å². The Labute approximate surface area is 160 Å². The first-order valence-electron chi connectivity index (χ1n) is 8.90. The fourth-order valence-electron chi connectivity index (χ4n) is 2.38. The van der Waals surface area contributed by atoms with Gasteiger partial charge in [-0.3, -0.25) is 0 Å². The van der Waals surface area contributed by atoms with Crippen molar-refractivity contribution >= 4 is 17.7 Å². The van der Waals surface area contributed by atoms with Crippen LogP contribution in [0.3, 0.4) is 0 Å². The van der Waals surface area contributed by atoms with Gasteiger partial charge in [-0.2, -0.15) is 16.9 Å². The second-order valence-electron chi connectivity index (χ2n) is 6.88. The first-order chi connectivity index (χ1) is 12.3. The molecule has 0 amide bonds. The van der Waals surface area contributed by atoms with E-state index in [4.69, 9.17) is 0 Å². The number of hydrogen-bond acceptors (Lipinski definition) is 4. The van der Waals surface area contributed by atoms with E-state index in [1.807, 2.05) is 48.6 Å². The Balaban J connectivity index is 2.03. The van der Waals surface area contributed by atoms with Crippen molar-refractivity contribution in [3.8, 4) is 5.82 Å². The Bertz CT molecular complexity index is 733. The smallest absolute Gasteiger partial charge is 0.191 e. The van der Waals surface area contributed by atoms with Gasteiger partial charge in [-0.05, 0) is 58.6 Å². The number of hydrogen-bond donors (Lipinski definition) is 2. The van der Waals surface area contributed by atoms with E-state index in [9.17, 15) is 0 Å². The van der Waals surface area contributed by atoms with Crippen LogP contribution in [0.1, 0.15) is 37.7 Å². The van der Waals surface area contributed by atoms with Gasteiger partial charge < -0.3 is 10.6 Å². The molecule has 0 spiro atoms. The molecule has 0 aliphatic carbocycles. The van der Waals surface area contributed by atoms with Crippen LogP contribution in [-0.2, 0) is 6.54 Å². The van der Waals surface area contributed by atoms with Gasteiger partial charge in [0.25, 0.3) is 0 Å². The molecule has 2 aromatic rings. The summed E-state index contributed by atoms with van der Waals surface area (Å²) in [5, 5.41) is 11.2. The monoisotopic (exact) mass is 374 g/mol. The van der Waals surface area contributed by atoms with Crippen molar-refractivity contribution in [3.05, 3.63) is 41.3 Å². The zero-order chi connectivity index (χ0) is 19.2. The molecule has 0 saturated heterocycles. The number of aromatic nitrogens is 3. The quantitative estimate of drug-likeness (QED) is 0.576. The molecule has 0 bridgehead atoms. The van der Waals surface area contributed by atoms with Crippen LogP contribution >= 0.6 is 11.8 Å². The molecule has 0 unspecified atom stereocenters. The lowest BCUT2D eigenvalue weighted by atomic mass is 10.2. The molecule has 0 saturated carbocycles. The Morgan fingerprint density at radius 3 is 2.58 bits per heavy atom. The molecule has 2 N–H and O–H groups in total. The van der Waals surface area contributed by atoms with Gasteiger partial charge in [-0.15, -0.1) is 0 Å². The summed E-state index contributed by atoms with van der Waals surface area (Å²) in [6.45, 7) is 12.8. The Morgan fingerprint density at radius 1 is 1.27 bits per heavy atom. The maximum absolute atomic E-state index is 4.67. The van der Waals surface area contributed by atoms with Gasteiger partial charge in [0.15, 0.2) is 11.8 Å². The van der Waals surface area contributed by atoms with E-state index in [0.717, 1.165) is 41.8 Å². The summed E-state index contributed by atoms with van der Waals surface area (Å²) in [4.78, 5) is 9.20. The minimum atomic E-state index is 0.166. The van der Waals surface area contributed by atoms with E-state index >= 15 is 0 Å². The molecule has 0 atom stereocenters. The summed E-state index contributed by atoms with van der Waals surface area (Å²) in [6.07, 6.45) is 3.99. The Hall–Kier alpha value is -2.02. The second kappa shape index (κ2) is 9.07. The molecule has 26 heavy (non-hydrogen) atoms. The predicted molar refractivity (Wildman–Crippen MR) is 111 cm³/mol. The first kappa shape index (κ1) is 20.3. The number of thioether (sulfide) groups is 1. The average Bonchev–Trinajstić information content (AvgIpc) is 2.96. The van der Waals surface area contributed by atoms with Crippen LogP contribution in [0.5, 0.6) is 0 Å². The van der Waals surface area contributed by atoms with Crippen molar-refractivity contribution in [1.29, 1.82) is 0 Å². The summed E-state index contributed by atoms with van der Waals surface area (Å²) in [5.74, 6) is 1.66. The van der Waals surface area contributed by atoms with Crippen molar-refractivity contribution in [2.24, 2.45) is 4.99 Å². The number of guanidine groups is 1. The zero-order valence-corrected chi connectivity index (χ0v) is 17.4. The third-order valence-corrected chi connectivity index (χ3v) is 5.28. The number of nitrogens with one attached hydrogen (secondary N) is 2. The van der Waals surface area contributed by atoms with Crippen LogP contribution < -0.4 is 10.6 Å². The molecule has 0 aliphatic heterocycles. The Kier molecular flexibility index (Phi) is 7.08. The van der Waals surface area contributed by atoms with E-state index in [1.165, 1.54) is 0 Å². The summed E-state index contributed by atoms with van der Waals surface area (Å²) < 4.78 is 2.03. The number of aliphatic imine (C=N–C) groups is 1. The summed E-state index contributed by atoms with van der Waals surface area (Å²) in [6, 6.07) is 6.09. The molecule has 6 nitrogen and oxygen atoms in total. The predicted octanol–water partition coefficient (Wildman–Crippen LogP) is 3.08. The summed E-state index contributed by atoms with van der Waals surface area (Å²) in [7, 11) is 0.